The van der Waals surface area contributed by atoms with Gasteiger partial charge in [0.2, 0.25) is 0 Å². The van der Waals surface area contributed by atoms with Gasteiger partial charge in [0.25, 0.3) is 5.91 Å². The van der Waals surface area contributed by atoms with Crippen molar-refractivity contribution in [3.63, 3.8) is 0 Å². The minimum Gasteiger partial charge on any atom is -0.368 e. The summed E-state index contributed by atoms with van der Waals surface area (Å²) in [5.74, 6) is 0.779. The molecule has 4 heterocycles. The number of anilines is 1. The lowest BCUT2D eigenvalue weighted by Gasteiger charge is -2.39. The Kier molecular flexibility index (Phi) is 2.70. The molecular weight excluding hydrogens is 252 g/mol. The molecule has 5 heteroatoms. The summed E-state index contributed by atoms with van der Waals surface area (Å²) in [6, 6.07) is 2.74. The lowest BCUT2D eigenvalue weighted by atomic mass is 10.1. The minimum atomic E-state index is -0.0324. The number of piperazine rings is 1. The Labute approximate surface area is 119 Å². The molecule has 1 aromatic rings. The zero-order valence-corrected chi connectivity index (χ0v) is 11.8. The van der Waals surface area contributed by atoms with Gasteiger partial charge < -0.3 is 10.2 Å². The number of nitrogens with one attached hydrogen (secondary N) is 1. The van der Waals surface area contributed by atoms with Gasteiger partial charge in [-0.15, -0.1) is 0 Å². The summed E-state index contributed by atoms with van der Waals surface area (Å²) in [7, 11) is 0. The van der Waals surface area contributed by atoms with E-state index in [-0.39, 0.29) is 5.91 Å². The molecule has 20 heavy (non-hydrogen) atoms. The lowest BCUT2D eigenvalue weighted by molar-refractivity contribution is 0.0961. The van der Waals surface area contributed by atoms with Crippen molar-refractivity contribution in [3.05, 3.63) is 23.5 Å². The molecule has 0 bridgehead atoms. The zero-order valence-electron chi connectivity index (χ0n) is 11.8. The number of hydrogen-bond donors (Lipinski definition) is 1. The topological polar surface area (TPSA) is 48.5 Å². The SMILES string of the molecule is CC1CC2CN(c3ccnc4c3CNC4=O)CCN2C1. The van der Waals surface area contributed by atoms with E-state index in [9.17, 15) is 4.79 Å². The number of pyridine rings is 1. The zero-order chi connectivity index (χ0) is 13.7. The molecule has 2 unspecified atom stereocenters. The van der Waals surface area contributed by atoms with Gasteiger partial charge in [-0.2, -0.15) is 0 Å². The first-order valence-electron chi connectivity index (χ1n) is 7.47. The first-order valence-corrected chi connectivity index (χ1v) is 7.47. The Hall–Kier alpha value is -1.62. The fraction of sp³-hybridized carbons (Fsp3) is 0.600. The largest absolute Gasteiger partial charge is 0.368 e. The van der Waals surface area contributed by atoms with Crippen molar-refractivity contribution in [2.24, 2.45) is 5.92 Å². The van der Waals surface area contributed by atoms with Gasteiger partial charge >= 0.3 is 0 Å². The number of fused-ring (bicyclic) bond motifs is 2. The van der Waals surface area contributed by atoms with Crippen LogP contribution < -0.4 is 10.2 Å². The van der Waals surface area contributed by atoms with Crippen LogP contribution in [0, 0.1) is 5.92 Å². The van der Waals surface area contributed by atoms with Crippen molar-refractivity contribution in [3.8, 4) is 0 Å². The molecule has 0 spiro atoms. The van der Waals surface area contributed by atoms with E-state index in [2.05, 4.69) is 33.1 Å². The second-order valence-electron chi connectivity index (χ2n) is 6.28. The molecule has 0 saturated carbocycles. The Morgan fingerprint density at radius 1 is 1.35 bits per heavy atom. The molecule has 106 valence electrons. The quantitative estimate of drug-likeness (QED) is 0.823. The van der Waals surface area contributed by atoms with Gasteiger partial charge in [-0.25, -0.2) is 0 Å². The molecule has 4 rings (SSSR count). The summed E-state index contributed by atoms with van der Waals surface area (Å²) < 4.78 is 0. The van der Waals surface area contributed by atoms with Crippen LogP contribution in [-0.2, 0) is 6.54 Å². The van der Waals surface area contributed by atoms with E-state index < -0.39 is 0 Å². The van der Waals surface area contributed by atoms with Gasteiger partial charge in [-0.3, -0.25) is 14.7 Å². The molecule has 0 aliphatic carbocycles. The van der Waals surface area contributed by atoms with Gasteiger partial charge in [-0.05, 0) is 18.4 Å². The van der Waals surface area contributed by atoms with E-state index >= 15 is 0 Å². The fourth-order valence-corrected chi connectivity index (χ4v) is 3.92. The third-order valence-corrected chi connectivity index (χ3v) is 4.84. The summed E-state index contributed by atoms with van der Waals surface area (Å²) in [5, 5.41) is 2.88. The van der Waals surface area contributed by atoms with Crippen molar-refractivity contribution in [2.75, 3.05) is 31.1 Å². The number of carbonyl (C=O) groups is 1. The fourth-order valence-electron chi connectivity index (χ4n) is 3.92. The van der Waals surface area contributed by atoms with Crippen LogP contribution in [0.3, 0.4) is 0 Å². The highest BCUT2D eigenvalue weighted by atomic mass is 16.2. The number of aromatic nitrogens is 1. The van der Waals surface area contributed by atoms with Crippen LogP contribution in [-0.4, -0.2) is 48.0 Å². The molecule has 2 fully saturated rings. The van der Waals surface area contributed by atoms with Gasteiger partial charge in [0.15, 0.2) is 0 Å². The Morgan fingerprint density at radius 2 is 2.25 bits per heavy atom. The summed E-state index contributed by atoms with van der Waals surface area (Å²) in [6.45, 7) is 7.47. The summed E-state index contributed by atoms with van der Waals surface area (Å²) in [5.41, 5.74) is 2.90. The minimum absolute atomic E-state index is 0.0324. The van der Waals surface area contributed by atoms with Crippen LogP contribution in [0.25, 0.3) is 0 Å². The highest BCUT2D eigenvalue weighted by Crippen LogP contribution is 2.31. The van der Waals surface area contributed by atoms with Crippen LogP contribution in [0.5, 0.6) is 0 Å². The van der Waals surface area contributed by atoms with Crippen LogP contribution in [0.15, 0.2) is 12.3 Å². The van der Waals surface area contributed by atoms with E-state index in [0.717, 1.165) is 31.1 Å². The molecular formula is C15H20N4O. The number of carbonyl (C=O) groups excluding carboxylic acids is 1. The third-order valence-electron chi connectivity index (χ3n) is 4.84. The standard InChI is InChI=1S/C15H20N4O/c1-10-6-11-9-19(5-4-18(11)8-10)13-2-3-16-14-12(13)7-17-15(14)20/h2-3,10-11H,4-9H2,1H3,(H,17,20). The number of amides is 1. The van der Waals surface area contributed by atoms with Crippen molar-refractivity contribution in [2.45, 2.75) is 25.9 Å². The van der Waals surface area contributed by atoms with Crippen molar-refractivity contribution in [1.82, 2.24) is 15.2 Å². The summed E-state index contributed by atoms with van der Waals surface area (Å²) in [6.07, 6.45) is 3.06. The molecule has 1 amide bonds. The molecule has 2 saturated heterocycles. The van der Waals surface area contributed by atoms with Crippen LogP contribution in [0.2, 0.25) is 0 Å². The molecule has 0 aromatic carbocycles. The average Bonchev–Trinajstić information content (AvgIpc) is 3.00. The summed E-state index contributed by atoms with van der Waals surface area (Å²) >= 11 is 0. The predicted molar refractivity (Wildman–Crippen MR) is 76.8 cm³/mol. The first-order chi connectivity index (χ1) is 9.72. The molecule has 2 atom stereocenters. The van der Waals surface area contributed by atoms with Gasteiger partial charge in [0.1, 0.15) is 5.69 Å². The highest BCUT2D eigenvalue weighted by molar-refractivity contribution is 5.98. The van der Waals surface area contributed by atoms with E-state index in [1.807, 2.05) is 0 Å². The second kappa shape index (κ2) is 4.45. The maximum Gasteiger partial charge on any atom is 0.270 e. The number of hydrogen-bond acceptors (Lipinski definition) is 4. The van der Waals surface area contributed by atoms with Gasteiger partial charge in [-0.1, -0.05) is 6.92 Å². The smallest absolute Gasteiger partial charge is 0.270 e. The van der Waals surface area contributed by atoms with E-state index in [1.165, 1.54) is 18.7 Å². The lowest BCUT2D eigenvalue weighted by Crippen LogP contribution is -2.50. The normalized spacial score (nSPS) is 29.2. The molecule has 3 aliphatic heterocycles. The second-order valence-corrected chi connectivity index (χ2v) is 6.28. The van der Waals surface area contributed by atoms with Crippen LogP contribution >= 0.6 is 0 Å². The van der Waals surface area contributed by atoms with Crippen molar-refractivity contribution >= 4 is 11.6 Å². The molecule has 3 aliphatic rings. The van der Waals surface area contributed by atoms with Crippen LogP contribution in [0.1, 0.15) is 29.4 Å². The monoisotopic (exact) mass is 272 g/mol. The van der Waals surface area contributed by atoms with Crippen molar-refractivity contribution in [1.29, 1.82) is 0 Å². The van der Waals surface area contributed by atoms with E-state index in [0.29, 0.717) is 18.3 Å². The van der Waals surface area contributed by atoms with Gasteiger partial charge in [0, 0.05) is 56.2 Å². The molecule has 1 aromatic heterocycles. The predicted octanol–water partition coefficient (Wildman–Crippen LogP) is 0.855. The molecule has 1 N–H and O–H groups in total. The van der Waals surface area contributed by atoms with E-state index in [1.54, 1.807) is 6.20 Å². The Bertz CT molecular complexity index is 559. The van der Waals surface area contributed by atoms with Gasteiger partial charge in [0.05, 0.1) is 0 Å². The highest BCUT2D eigenvalue weighted by Gasteiger charge is 2.35. The Balaban J connectivity index is 1.62. The molecule has 0 radical (unpaired) electrons. The molecule has 5 nitrogen and oxygen atoms in total. The maximum atomic E-state index is 11.7. The van der Waals surface area contributed by atoms with Crippen LogP contribution in [0.4, 0.5) is 5.69 Å². The first kappa shape index (κ1) is 12.1. The van der Waals surface area contributed by atoms with E-state index in [4.69, 9.17) is 0 Å². The maximum absolute atomic E-state index is 11.7. The van der Waals surface area contributed by atoms with Crippen molar-refractivity contribution < 1.29 is 4.79 Å². The number of rotatable bonds is 1. The third kappa shape index (κ3) is 1.80. The number of nitrogens with zero attached hydrogens (tertiary/aromatic N) is 3. The Morgan fingerprint density at radius 3 is 3.15 bits per heavy atom. The average molecular weight is 272 g/mol. The summed E-state index contributed by atoms with van der Waals surface area (Å²) in [4.78, 5) is 21.0.